The van der Waals surface area contributed by atoms with Crippen LogP contribution in [0.5, 0.6) is 11.5 Å². The number of anilines is 1. The lowest BCUT2D eigenvalue weighted by molar-refractivity contribution is -0.141. The molecule has 134 valence electrons. The number of aromatic nitrogens is 1. The van der Waals surface area contributed by atoms with Gasteiger partial charge < -0.3 is 19.5 Å². The van der Waals surface area contributed by atoms with Gasteiger partial charge in [-0.25, -0.2) is 4.98 Å². The van der Waals surface area contributed by atoms with Crippen molar-refractivity contribution in [2.45, 2.75) is 37.7 Å². The van der Waals surface area contributed by atoms with E-state index in [1.54, 1.807) is 14.2 Å². The molecule has 4 rings (SSSR count). The number of nitrogens with zero attached hydrogens (tertiary/aromatic N) is 1. The fourth-order valence-corrected chi connectivity index (χ4v) is 4.10. The van der Waals surface area contributed by atoms with Crippen molar-refractivity contribution in [1.29, 1.82) is 0 Å². The standard InChI is InChI=1S/C20H26N2O3/c1-23-17-10-15-4-8-21-19(16(15)11-18(17)24-2)22-13-14-5-9-25-20(12-14)6-3-7-20/h4,8,10-11,14H,3,5-7,9,12-13H2,1-2H3,(H,21,22). The maximum absolute atomic E-state index is 6.04. The number of methoxy groups -OCH3 is 2. The average Bonchev–Trinajstić information content (AvgIpc) is 2.64. The Morgan fingerprint density at radius 1 is 1.24 bits per heavy atom. The summed E-state index contributed by atoms with van der Waals surface area (Å²) in [4.78, 5) is 4.55. The lowest BCUT2D eigenvalue weighted by atomic mass is 9.72. The van der Waals surface area contributed by atoms with Crippen LogP contribution >= 0.6 is 0 Å². The van der Waals surface area contributed by atoms with E-state index in [9.17, 15) is 0 Å². The zero-order valence-electron chi connectivity index (χ0n) is 15.0. The molecule has 1 N–H and O–H groups in total. The molecule has 1 spiro atoms. The van der Waals surface area contributed by atoms with Crippen LogP contribution in [0.3, 0.4) is 0 Å². The number of nitrogens with one attached hydrogen (secondary N) is 1. The van der Waals surface area contributed by atoms with Crippen molar-refractivity contribution in [2.75, 3.05) is 32.7 Å². The van der Waals surface area contributed by atoms with Crippen molar-refractivity contribution in [2.24, 2.45) is 5.92 Å². The summed E-state index contributed by atoms with van der Waals surface area (Å²) >= 11 is 0. The summed E-state index contributed by atoms with van der Waals surface area (Å²) in [5, 5.41) is 5.72. The van der Waals surface area contributed by atoms with Crippen molar-refractivity contribution in [3.63, 3.8) is 0 Å². The molecule has 2 fully saturated rings. The molecule has 1 unspecified atom stereocenters. The first kappa shape index (κ1) is 16.5. The topological polar surface area (TPSA) is 52.6 Å². The molecule has 1 aromatic heterocycles. The summed E-state index contributed by atoms with van der Waals surface area (Å²) in [6.07, 6.45) is 7.90. The molecule has 25 heavy (non-hydrogen) atoms. The summed E-state index contributed by atoms with van der Waals surface area (Å²) < 4.78 is 16.9. The lowest BCUT2D eigenvalue weighted by Crippen LogP contribution is -2.46. The minimum Gasteiger partial charge on any atom is -0.493 e. The van der Waals surface area contributed by atoms with E-state index in [2.05, 4.69) is 10.3 Å². The Bertz CT molecular complexity index is 758. The van der Waals surface area contributed by atoms with Gasteiger partial charge in [0.25, 0.3) is 0 Å². The van der Waals surface area contributed by atoms with E-state index in [1.807, 2.05) is 24.4 Å². The number of hydrogen-bond donors (Lipinski definition) is 1. The van der Waals surface area contributed by atoms with Gasteiger partial charge in [0.1, 0.15) is 5.82 Å². The monoisotopic (exact) mass is 342 g/mol. The van der Waals surface area contributed by atoms with Crippen LogP contribution in [-0.2, 0) is 4.74 Å². The number of hydrogen-bond acceptors (Lipinski definition) is 5. The molecule has 1 saturated heterocycles. The summed E-state index contributed by atoms with van der Waals surface area (Å²) in [6, 6.07) is 6.00. The van der Waals surface area contributed by atoms with Crippen LogP contribution in [0.15, 0.2) is 24.4 Å². The van der Waals surface area contributed by atoms with Crippen LogP contribution < -0.4 is 14.8 Å². The normalized spacial score (nSPS) is 21.8. The molecule has 1 saturated carbocycles. The summed E-state index contributed by atoms with van der Waals surface area (Å²) in [6.45, 7) is 1.83. The quantitative estimate of drug-likeness (QED) is 0.890. The molecule has 1 aliphatic heterocycles. The van der Waals surface area contributed by atoms with E-state index in [4.69, 9.17) is 14.2 Å². The molecule has 0 radical (unpaired) electrons. The molecule has 5 heteroatoms. The van der Waals surface area contributed by atoms with E-state index >= 15 is 0 Å². The van der Waals surface area contributed by atoms with Crippen molar-refractivity contribution in [3.8, 4) is 11.5 Å². The predicted molar refractivity (Wildman–Crippen MR) is 98.6 cm³/mol. The van der Waals surface area contributed by atoms with Gasteiger partial charge in [-0.15, -0.1) is 0 Å². The molecule has 2 aromatic rings. The highest BCUT2D eigenvalue weighted by molar-refractivity contribution is 5.94. The number of pyridine rings is 1. The summed E-state index contributed by atoms with van der Waals surface area (Å²) in [5.41, 5.74) is 0.188. The first-order valence-corrected chi connectivity index (χ1v) is 9.12. The number of rotatable bonds is 5. The molecule has 1 atom stereocenters. The average molecular weight is 342 g/mol. The van der Waals surface area contributed by atoms with Gasteiger partial charge in [-0.3, -0.25) is 0 Å². The third-order valence-electron chi connectivity index (χ3n) is 5.69. The van der Waals surface area contributed by atoms with Crippen LogP contribution in [0, 0.1) is 5.92 Å². The van der Waals surface area contributed by atoms with Crippen molar-refractivity contribution in [3.05, 3.63) is 24.4 Å². The SMILES string of the molecule is COc1cc2ccnc(NCC3CCOC4(CCC4)C3)c2cc1OC. The zero-order chi connectivity index (χ0) is 17.3. The highest BCUT2D eigenvalue weighted by atomic mass is 16.5. The van der Waals surface area contributed by atoms with Gasteiger partial charge in [0.2, 0.25) is 0 Å². The molecule has 0 amide bonds. The predicted octanol–water partition coefficient (Wildman–Crippen LogP) is 4.01. The second-order valence-corrected chi connectivity index (χ2v) is 7.21. The minimum absolute atomic E-state index is 0.188. The Hall–Kier alpha value is -2.01. The Morgan fingerprint density at radius 3 is 2.76 bits per heavy atom. The third kappa shape index (κ3) is 3.13. The number of fused-ring (bicyclic) bond motifs is 1. The second kappa shape index (κ2) is 6.71. The maximum Gasteiger partial charge on any atom is 0.161 e. The van der Waals surface area contributed by atoms with E-state index < -0.39 is 0 Å². The van der Waals surface area contributed by atoms with Gasteiger partial charge >= 0.3 is 0 Å². The van der Waals surface area contributed by atoms with Crippen LogP contribution in [0.25, 0.3) is 10.8 Å². The zero-order valence-corrected chi connectivity index (χ0v) is 15.0. The van der Waals surface area contributed by atoms with Crippen LogP contribution in [-0.4, -0.2) is 38.0 Å². The van der Waals surface area contributed by atoms with E-state index in [1.165, 1.54) is 25.7 Å². The Labute approximate surface area is 148 Å². The molecule has 1 aromatic carbocycles. The smallest absolute Gasteiger partial charge is 0.161 e. The summed E-state index contributed by atoms with van der Waals surface area (Å²) in [5.74, 6) is 3.02. The fraction of sp³-hybridized carbons (Fsp3) is 0.550. The molecule has 2 aliphatic rings. The van der Waals surface area contributed by atoms with Gasteiger partial charge in [0, 0.05) is 24.7 Å². The third-order valence-corrected chi connectivity index (χ3v) is 5.69. The fourth-order valence-electron chi connectivity index (χ4n) is 4.10. The Kier molecular flexibility index (Phi) is 4.42. The molecular weight excluding hydrogens is 316 g/mol. The first-order chi connectivity index (χ1) is 12.2. The first-order valence-electron chi connectivity index (χ1n) is 9.12. The van der Waals surface area contributed by atoms with Gasteiger partial charge in [0.05, 0.1) is 19.8 Å². The van der Waals surface area contributed by atoms with E-state index in [-0.39, 0.29) is 5.60 Å². The van der Waals surface area contributed by atoms with E-state index in [0.717, 1.165) is 47.7 Å². The molecule has 2 heterocycles. The Balaban J connectivity index is 1.53. The Morgan fingerprint density at radius 2 is 2.04 bits per heavy atom. The van der Waals surface area contributed by atoms with Crippen molar-refractivity contribution >= 4 is 16.6 Å². The highest BCUT2D eigenvalue weighted by Gasteiger charge is 2.42. The second-order valence-electron chi connectivity index (χ2n) is 7.21. The van der Waals surface area contributed by atoms with Gasteiger partial charge in [-0.1, -0.05) is 0 Å². The van der Waals surface area contributed by atoms with Gasteiger partial charge in [0.15, 0.2) is 11.5 Å². The number of ether oxygens (including phenoxy) is 3. The van der Waals surface area contributed by atoms with Crippen molar-refractivity contribution < 1.29 is 14.2 Å². The van der Waals surface area contributed by atoms with E-state index in [0.29, 0.717) is 5.92 Å². The molecular formula is C20H26N2O3. The largest absolute Gasteiger partial charge is 0.493 e. The minimum atomic E-state index is 0.188. The van der Waals surface area contributed by atoms with Crippen LogP contribution in [0.4, 0.5) is 5.82 Å². The van der Waals surface area contributed by atoms with Crippen molar-refractivity contribution in [1.82, 2.24) is 4.98 Å². The molecule has 5 nitrogen and oxygen atoms in total. The van der Waals surface area contributed by atoms with Crippen LogP contribution in [0.2, 0.25) is 0 Å². The van der Waals surface area contributed by atoms with Crippen LogP contribution in [0.1, 0.15) is 32.1 Å². The van der Waals surface area contributed by atoms with Gasteiger partial charge in [-0.2, -0.15) is 0 Å². The maximum atomic E-state index is 6.04. The van der Waals surface area contributed by atoms with Gasteiger partial charge in [-0.05, 0) is 61.6 Å². The highest BCUT2D eigenvalue weighted by Crippen LogP contribution is 2.44. The molecule has 0 bridgehead atoms. The molecule has 1 aliphatic carbocycles. The summed E-state index contributed by atoms with van der Waals surface area (Å²) in [7, 11) is 3.32. The lowest BCUT2D eigenvalue weighted by Gasteiger charge is -2.47. The number of benzene rings is 1.